The topological polar surface area (TPSA) is 42.0 Å². The highest BCUT2D eigenvalue weighted by molar-refractivity contribution is 7.11. The second-order valence-corrected chi connectivity index (χ2v) is 5.25. The molecule has 0 aromatic carbocycles. The molecular weight excluding hydrogens is 232 g/mol. The smallest absolute Gasteiger partial charge is 0.263 e. The minimum atomic E-state index is -0.0154. The maximum atomic E-state index is 11.6. The molecule has 0 atom stereocenters. The van der Waals surface area contributed by atoms with Gasteiger partial charge in [-0.3, -0.25) is 9.78 Å². The van der Waals surface area contributed by atoms with Crippen LogP contribution >= 0.6 is 22.9 Å². The Morgan fingerprint density at radius 3 is 3.00 bits per heavy atom. The Bertz CT molecular complexity index is 335. The summed E-state index contributed by atoms with van der Waals surface area (Å²) in [4.78, 5) is 16.2. The zero-order valence-electron chi connectivity index (χ0n) is 8.33. The van der Waals surface area contributed by atoms with E-state index in [0.717, 1.165) is 13.0 Å². The number of carbonyl (C=O) groups excluding carboxylic acids is 1. The first kappa shape index (κ1) is 10.9. The molecule has 15 heavy (non-hydrogen) atoms. The first-order chi connectivity index (χ1) is 7.26. The van der Waals surface area contributed by atoms with Crippen molar-refractivity contribution in [1.29, 1.82) is 0 Å². The second kappa shape index (κ2) is 4.49. The van der Waals surface area contributed by atoms with Crippen LogP contribution in [0, 0.1) is 5.41 Å². The standard InChI is InChI=1S/C10H13ClN2OS/c11-4-3-10(1-2-10)6-13-9(14)8-5-12-7-15-8/h5,7H,1-4,6H2,(H,13,14). The van der Waals surface area contributed by atoms with Crippen molar-refractivity contribution in [3.05, 3.63) is 16.6 Å². The molecule has 1 aromatic heterocycles. The molecule has 0 saturated heterocycles. The van der Waals surface area contributed by atoms with Gasteiger partial charge < -0.3 is 5.32 Å². The lowest BCUT2D eigenvalue weighted by Crippen LogP contribution is -2.29. The molecule has 0 spiro atoms. The van der Waals surface area contributed by atoms with Crippen LogP contribution in [0.5, 0.6) is 0 Å². The van der Waals surface area contributed by atoms with Gasteiger partial charge in [-0.05, 0) is 24.7 Å². The van der Waals surface area contributed by atoms with Crippen molar-refractivity contribution >= 4 is 28.8 Å². The van der Waals surface area contributed by atoms with E-state index in [-0.39, 0.29) is 5.91 Å². The Morgan fingerprint density at radius 1 is 1.67 bits per heavy atom. The van der Waals surface area contributed by atoms with Gasteiger partial charge in [0, 0.05) is 12.4 Å². The van der Waals surface area contributed by atoms with Crippen molar-refractivity contribution in [2.24, 2.45) is 5.41 Å². The van der Waals surface area contributed by atoms with Gasteiger partial charge in [-0.15, -0.1) is 22.9 Å². The fraction of sp³-hybridized carbons (Fsp3) is 0.600. The largest absolute Gasteiger partial charge is 0.351 e. The third-order valence-electron chi connectivity index (χ3n) is 2.86. The number of alkyl halides is 1. The Hall–Kier alpha value is -0.610. The Morgan fingerprint density at radius 2 is 2.47 bits per heavy atom. The SMILES string of the molecule is O=C(NCC1(CCCl)CC1)c1cncs1. The molecule has 1 N–H and O–H groups in total. The van der Waals surface area contributed by atoms with E-state index in [1.165, 1.54) is 24.2 Å². The Labute approximate surface area is 97.9 Å². The zero-order valence-corrected chi connectivity index (χ0v) is 9.90. The van der Waals surface area contributed by atoms with Crippen molar-refractivity contribution < 1.29 is 4.79 Å². The van der Waals surface area contributed by atoms with Crippen LogP contribution in [-0.2, 0) is 0 Å². The van der Waals surface area contributed by atoms with E-state index in [1.807, 2.05) is 0 Å². The summed E-state index contributed by atoms with van der Waals surface area (Å²) in [7, 11) is 0. The van der Waals surface area contributed by atoms with Crippen molar-refractivity contribution in [2.45, 2.75) is 19.3 Å². The van der Waals surface area contributed by atoms with Gasteiger partial charge in [0.05, 0.1) is 11.7 Å². The van der Waals surface area contributed by atoms with Crippen LogP contribution in [-0.4, -0.2) is 23.3 Å². The van der Waals surface area contributed by atoms with Crippen LogP contribution in [0.25, 0.3) is 0 Å². The number of hydrogen-bond acceptors (Lipinski definition) is 3. The molecule has 0 unspecified atom stereocenters. The normalized spacial score (nSPS) is 17.4. The van der Waals surface area contributed by atoms with Gasteiger partial charge >= 0.3 is 0 Å². The first-order valence-corrected chi connectivity index (χ1v) is 6.40. The lowest BCUT2D eigenvalue weighted by atomic mass is 10.0. The molecule has 1 aliphatic rings. The van der Waals surface area contributed by atoms with E-state index in [1.54, 1.807) is 11.7 Å². The molecule has 0 bridgehead atoms. The van der Waals surface area contributed by atoms with Gasteiger partial charge in [0.25, 0.3) is 5.91 Å². The van der Waals surface area contributed by atoms with E-state index >= 15 is 0 Å². The van der Waals surface area contributed by atoms with Crippen molar-refractivity contribution in [3.63, 3.8) is 0 Å². The third-order valence-corrected chi connectivity index (χ3v) is 3.82. The van der Waals surface area contributed by atoms with Crippen molar-refractivity contribution in [2.75, 3.05) is 12.4 Å². The summed E-state index contributed by atoms with van der Waals surface area (Å²) in [6.07, 6.45) is 4.96. The van der Waals surface area contributed by atoms with Gasteiger partial charge in [-0.2, -0.15) is 0 Å². The lowest BCUT2D eigenvalue weighted by Gasteiger charge is -2.13. The summed E-state index contributed by atoms with van der Waals surface area (Å²) in [5.41, 5.74) is 1.96. The predicted octanol–water partition coefficient (Wildman–Crippen LogP) is 2.28. The van der Waals surface area contributed by atoms with E-state index < -0.39 is 0 Å². The highest BCUT2D eigenvalue weighted by Crippen LogP contribution is 2.48. The van der Waals surface area contributed by atoms with Gasteiger partial charge in [0.15, 0.2) is 0 Å². The monoisotopic (exact) mass is 244 g/mol. The van der Waals surface area contributed by atoms with E-state index in [2.05, 4.69) is 10.3 Å². The summed E-state index contributed by atoms with van der Waals surface area (Å²) in [5.74, 6) is 0.662. The average Bonchev–Trinajstić information content (AvgIpc) is 2.81. The summed E-state index contributed by atoms with van der Waals surface area (Å²) in [6.45, 7) is 0.746. The Balaban J connectivity index is 1.81. The molecule has 82 valence electrons. The molecule has 2 rings (SSSR count). The minimum Gasteiger partial charge on any atom is -0.351 e. The average molecular weight is 245 g/mol. The highest BCUT2D eigenvalue weighted by Gasteiger charge is 2.41. The molecule has 0 radical (unpaired) electrons. The number of rotatable bonds is 5. The number of hydrogen-bond donors (Lipinski definition) is 1. The maximum Gasteiger partial charge on any atom is 0.263 e. The van der Waals surface area contributed by atoms with Gasteiger partial charge in [-0.25, -0.2) is 0 Å². The minimum absolute atomic E-state index is 0.0154. The molecule has 5 heteroatoms. The fourth-order valence-electron chi connectivity index (χ4n) is 1.58. The molecule has 1 aromatic rings. The number of nitrogens with zero attached hydrogens (tertiary/aromatic N) is 1. The number of thiazole rings is 1. The molecule has 1 heterocycles. The third kappa shape index (κ3) is 2.69. The molecule has 1 aliphatic carbocycles. The van der Waals surface area contributed by atoms with Crippen LogP contribution in [0.1, 0.15) is 28.9 Å². The summed E-state index contributed by atoms with van der Waals surface area (Å²) < 4.78 is 0. The summed E-state index contributed by atoms with van der Waals surface area (Å²) >= 11 is 7.09. The number of aromatic nitrogens is 1. The molecule has 3 nitrogen and oxygen atoms in total. The lowest BCUT2D eigenvalue weighted by molar-refractivity contribution is 0.0948. The summed E-state index contributed by atoms with van der Waals surface area (Å²) in [5, 5.41) is 2.95. The van der Waals surface area contributed by atoms with Crippen LogP contribution < -0.4 is 5.32 Å². The van der Waals surface area contributed by atoms with E-state index in [0.29, 0.717) is 16.2 Å². The van der Waals surface area contributed by atoms with Gasteiger partial charge in [-0.1, -0.05) is 0 Å². The van der Waals surface area contributed by atoms with Crippen LogP contribution in [0.2, 0.25) is 0 Å². The Kier molecular flexibility index (Phi) is 3.26. The fourth-order valence-corrected chi connectivity index (χ4v) is 2.51. The predicted molar refractivity (Wildman–Crippen MR) is 61.5 cm³/mol. The number of amides is 1. The van der Waals surface area contributed by atoms with E-state index in [4.69, 9.17) is 11.6 Å². The zero-order chi connectivity index (χ0) is 10.7. The quantitative estimate of drug-likeness (QED) is 0.808. The number of nitrogens with one attached hydrogen (secondary N) is 1. The van der Waals surface area contributed by atoms with Crippen LogP contribution in [0.15, 0.2) is 11.7 Å². The van der Waals surface area contributed by atoms with Gasteiger partial charge in [0.2, 0.25) is 0 Å². The maximum absolute atomic E-state index is 11.6. The van der Waals surface area contributed by atoms with Crippen LogP contribution in [0.4, 0.5) is 0 Å². The molecule has 1 fully saturated rings. The van der Waals surface area contributed by atoms with Crippen LogP contribution in [0.3, 0.4) is 0 Å². The van der Waals surface area contributed by atoms with Crippen molar-refractivity contribution in [3.8, 4) is 0 Å². The molecule has 0 aliphatic heterocycles. The van der Waals surface area contributed by atoms with Crippen molar-refractivity contribution in [1.82, 2.24) is 10.3 Å². The number of halogens is 1. The number of carbonyl (C=O) groups is 1. The van der Waals surface area contributed by atoms with Gasteiger partial charge in [0.1, 0.15) is 4.88 Å². The molecule has 1 amide bonds. The summed E-state index contributed by atoms with van der Waals surface area (Å²) in [6, 6.07) is 0. The highest BCUT2D eigenvalue weighted by atomic mass is 35.5. The second-order valence-electron chi connectivity index (χ2n) is 3.99. The first-order valence-electron chi connectivity index (χ1n) is 4.98. The molecule has 1 saturated carbocycles. The van der Waals surface area contributed by atoms with E-state index in [9.17, 15) is 4.79 Å². The molecular formula is C10H13ClN2OS.